The number of hydrogen-bond donors (Lipinski definition) is 3. The van der Waals surface area contributed by atoms with Gasteiger partial charge in [0, 0.05) is 16.8 Å². The van der Waals surface area contributed by atoms with Gasteiger partial charge in [0.2, 0.25) is 5.88 Å². The number of hydrogen-bond acceptors (Lipinski definition) is 6. The second-order valence-electron chi connectivity index (χ2n) is 6.61. The van der Waals surface area contributed by atoms with E-state index in [2.05, 4.69) is 16.4 Å². The molecule has 0 atom stereocenters. The van der Waals surface area contributed by atoms with E-state index >= 15 is 0 Å². The normalized spacial score (nSPS) is 11.0. The van der Waals surface area contributed by atoms with Crippen LogP contribution in [0.25, 0.3) is 11.1 Å². The van der Waals surface area contributed by atoms with Gasteiger partial charge in [-0.3, -0.25) is 4.79 Å². The number of methoxy groups -OCH3 is 1. The minimum absolute atomic E-state index is 0.270. The minimum Gasteiger partial charge on any atom is -0.480 e. The standard InChI is InChI=1S/C20H23N3O4/c1-12-16(9-21)19(27-4)22-13(2)17(12)14-6-5-7-15(8-14)18(26)23-20(3,10-24)11-25/h5-8,24-25H,10-11H2,1-4H3,(H,23,26). The highest BCUT2D eigenvalue weighted by Gasteiger charge is 2.25. The summed E-state index contributed by atoms with van der Waals surface area (Å²) in [5, 5.41) is 30.8. The van der Waals surface area contributed by atoms with Crippen LogP contribution in [0.3, 0.4) is 0 Å². The average Bonchev–Trinajstić information content (AvgIpc) is 2.67. The number of amides is 1. The molecule has 3 N–H and O–H groups in total. The molecule has 0 saturated heterocycles. The van der Waals surface area contributed by atoms with E-state index in [-0.39, 0.29) is 19.1 Å². The summed E-state index contributed by atoms with van der Waals surface area (Å²) in [7, 11) is 1.46. The molecule has 1 aromatic carbocycles. The summed E-state index contributed by atoms with van der Waals surface area (Å²) >= 11 is 0. The van der Waals surface area contributed by atoms with Gasteiger partial charge in [-0.15, -0.1) is 0 Å². The molecular weight excluding hydrogens is 346 g/mol. The second kappa shape index (κ2) is 8.16. The zero-order chi connectivity index (χ0) is 20.2. The predicted molar refractivity (Wildman–Crippen MR) is 100 cm³/mol. The van der Waals surface area contributed by atoms with Gasteiger partial charge in [-0.25, -0.2) is 4.98 Å². The highest BCUT2D eigenvalue weighted by atomic mass is 16.5. The van der Waals surface area contributed by atoms with Gasteiger partial charge in [-0.1, -0.05) is 12.1 Å². The molecule has 0 unspecified atom stereocenters. The summed E-state index contributed by atoms with van der Waals surface area (Å²) in [5.74, 6) is -0.147. The molecule has 2 rings (SSSR count). The molecule has 142 valence electrons. The van der Waals surface area contributed by atoms with Crippen molar-refractivity contribution in [2.45, 2.75) is 26.3 Å². The van der Waals surface area contributed by atoms with Crippen molar-refractivity contribution >= 4 is 5.91 Å². The van der Waals surface area contributed by atoms with Crippen molar-refractivity contribution in [3.8, 4) is 23.1 Å². The van der Waals surface area contributed by atoms with Crippen molar-refractivity contribution in [2.75, 3.05) is 20.3 Å². The van der Waals surface area contributed by atoms with E-state index in [1.165, 1.54) is 7.11 Å². The fourth-order valence-electron chi connectivity index (χ4n) is 2.82. The average molecular weight is 369 g/mol. The molecule has 0 aliphatic heterocycles. The number of nitrogens with zero attached hydrogens (tertiary/aromatic N) is 2. The summed E-state index contributed by atoms with van der Waals surface area (Å²) in [6.45, 7) is 4.40. The van der Waals surface area contributed by atoms with E-state index in [0.29, 0.717) is 16.8 Å². The fraction of sp³-hybridized carbons (Fsp3) is 0.350. The summed E-state index contributed by atoms with van der Waals surface area (Å²) in [4.78, 5) is 16.9. The number of benzene rings is 1. The number of ether oxygens (including phenoxy) is 1. The summed E-state index contributed by atoms with van der Waals surface area (Å²) < 4.78 is 5.19. The molecule has 0 fully saturated rings. The lowest BCUT2D eigenvalue weighted by Crippen LogP contribution is -2.51. The Morgan fingerprint density at radius 1 is 1.33 bits per heavy atom. The van der Waals surface area contributed by atoms with Crippen LogP contribution in [0.2, 0.25) is 0 Å². The Bertz CT molecular complexity index is 899. The number of nitriles is 1. The van der Waals surface area contributed by atoms with Crippen LogP contribution < -0.4 is 10.1 Å². The van der Waals surface area contributed by atoms with E-state index in [4.69, 9.17) is 4.74 Å². The largest absolute Gasteiger partial charge is 0.480 e. The van der Waals surface area contributed by atoms with Crippen molar-refractivity contribution in [3.63, 3.8) is 0 Å². The maximum Gasteiger partial charge on any atom is 0.251 e. The first-order valence-electron chi connectivity index (χ1n) is 8.40. The summed E-state index contributed by atoms with van der Waals surface area (Å²) in [6, 6.07) is 9.01. The molecule has 7 heteroatoms. The number of pyridine rings is 1. The van der Waals surface area contributed by atoms with Gasteiger partial charge in [-0.2, -0.15) is 5.26 Å². The molecule has 0 bridgehead atoms. The number of rotatable bonds is 6. The van der Waals surface area contributed by atoms with Crippen LogP contribution >= 0.6 is 0 Å². The Morgan fingerprint density at radius 2 is 2.00 bits per heavy atom. The van der Waals surface area contributed by atoms with Crippen LogP contribution in [0, 0.1) is 25.2 Å². The fourth-order valence-corrected chi connectivity index (χ4v) is 2.82. The van der Waals surface area contributed by atoms with Gasteiger partial charge in [0.1, 0.15) is 11.6 Å². The third kappa shape index (κ3) is 4.08. The van der Waals surface area contributed by atoms with Crippen LogP contribution in [0.4, 0.5) is 0 Å². The first-order valence-corrected chi connectivity index (χ1v) is 8.40. The third-order valence-electron chi connectivity index (χ3n) is 4.43. The van der Waals surface area contributed by atoms with E-state index in [9.17, 15) is 20.3 Å². The van der Waals surface area contributed by atoms with Crippen LogP contribution in [-0.4, -0.2) is 47.0 Å². The number of aliphatic hydroxyl groups is 2. The first kappa shape index (κ1) is 20.4. The Morgan fingerprint density at radius 3 is 2.56 bits per heavy atom. The molecule has 1 amide bonds. The van der Waals surface area contributed by atoms with Gasteiger partial charge in [-0.05, 0) is 44.0 Å². The van der Waals surface area contributed by atoms with Crippen LogP contribution in [0.1, 0.15) is 34.1 Å². The Kier molecular flexibility index (Phi) is 6.16. The third-order valence-corrected chi connectivity index (χ3v) is 4.43. The molecule has 0 radical (unpaired) electrons. The number of carbonyl (C=O) groups is 1. The quantitative estimate of drug-likeness (QED) is 0.714. The SMILES string of the molecule is COc1nc(C)c(-c2cccc(C(=O)NC(C)(CO)CO)c2)c(C)c1C#N. The zero-order valence-corrected chi connectivity index (χ0v) is 15.8. The lowest BCUT2D eigenvalue weighted by Gasteiger charge is -2.26. The number of aromatic nitrogens is 1. The Labute approximate surface area is 158 Å². The number of carbonyl (C=O) groups excluding carboxylic acids is 1. The lowest BCUT2D eigenvalue weighted by atomic mass is 9.94. The molecule has 0 spiro atoms. The van der Waals surface area contributed by atoms with Crippen molar-refractivity contribution in [1.29, 1.82) is 5.26 Å². The molecule has 0 aliphatic carbocycles. The van der Waals surface area contributed by atoms with Crippen LogP contribution in [-0.2, 0) is 0 Å². The van der Waals surface area contributed by atoms with Crippen molar-refractivity contribution < 1.29 is 19.7 Å². The molecule has 1 heterocycles. The van der Waals surface area contributed by atoms with Crippen LogP contribution in [0.5, 0.6) is 5.88 Å². The molecule has 0 saturated carbocycles. The molecule has 2 aromatic rings. The topological polar surface area (TPSA) is 115 Å². The van der Waals surface area contributed by atoms with Gasteiger partial charge < -0.3 is 20.3 Å². The maximum atomic E-state index is 12.5. The van der Waals surface area contributed by atoms with E-state index in [1.807, 2.05) is 19.9 Å². The van der Waals surface area contributed by atoms with Gasteiger partial charge >= 0.3 is 0 Å². The van der Waals surface area contributed by atoms with Gasteiger partial charge in [0.25, 0.3) is 5.91 Å². The lowest BCUT2D eigenvalue weighted by molar-refractivity contribution is 0.0724. The van der Waals surface area contributed by atoms with E-state index in [0.717, 1.165) is 16.7 Å². The van der Waals surface area contributed by atoms with Crippen molar-refractivity contribution in [3.05, 3.63) is 46.6 Å². The number of nitrogens with one attached hydrogen (secondary N) is 1. The maximum absolute atomic E-state index is 12.5. The molecule has 0 aliphatic rings. The Hall–Kier alpha value is -2.95. The van der Waals surface area contributed by atoms with Crippen LogP contribution in [0.15, 0.2) is 24.3 Å². The Balaban J connectivity index is 2.50. The highest BCUT2D eigenvalue weighted by Crippen LogP contribution is 2.32. The molecular formula is C20H23N3O4. The minimum atomic E-state index is -1.12. The molecule has 7 nitrogen and oxygen atoms in total. The first-order chi connectivity index (χ1) is 12.8. The van der Waals surface area contributed by atoms with Crippen molar-refractivity contribution in [1.82, 2.24) is 10.3 Å². The highest BCUT2D eigenvalue weighted by molar-refractivity contribution is 5.96. The number of aliphatic hydroxyl groups excluding tert-OH is 2. The molecule has 1 aromatic heterocycles. The van der Waals surface area contributed by atoms with Gasteiger partial charge in [0.15, 0.2) is 0 Å². The predicted octanol–water partition coefficient (Wildman–Crippen LogP) is 1.72. The van der Waals surface area contributed by atoms with E-state index < -0.39 is 11.4 Å². The van der Waals surface area contributed by atoms with Crippen molar-refractivity contribution in [2.24, 2.45) is 0 Å². The molecule has 27 heavy (non-hydrogen) atoms. The second-order valence-corrected chi connectivity index (χ2v) is 6.61. The summed E-state index contributed by atoms with van der Waals surface area (Å²) in [6.07, 6.45) is 0. The zero-order valence-electron chi connectivity index (χ0n) is 15.8. The summed E-state index contributed by atoms with van der Waals surface area (Å²) in [5.41, 5.74) is 2.49. The monoisotopic (exact) mass is 369 g/mol. The smallest absolute Gasteiger partial charge is 0.251 e. The van der Waals surface area contributed by atoms with Gasteiger partial charge in [0.05, 0.1) is 25.9 Å². The number of aryl methyl sites for hydroxylation is 1. The van der Waals surface area contributed by atoms with E-state index in [1.54, 1.807) is 25.1 Å².